The predicted octanol–water partition coefficient (Wildman–Crippen LogP) is 1.93. The quantitative estimate of drug-likeness (QED) is 0.847. The van der Waals surface area contributed by atoms with E-state index in [2.05, 4.69) is 29.0 Å². The summed E-state index contributed by atoms with van der Waals surface area (Å²) >= 11 is 0. The van der Waals surface area contributed by atoms with E-state index in [-0.39, 0.29) is 5.91 Å². The van der Waals surface area contributed by atoms with Gasteiger partial charge in [0.05, 0.1) is 6.54 Å². The van der Waals surface area contributed by atoms with Crippen molar-refractivity contribution in [1.82, 2.24) is 14.9 Å². The van der Waals surface area contributed by atoms with Crippen LogP contribution in [-0.2, 0) is 17.6 Å². The first kappa shape index (κ1) is 15.5. The van der Waals surface area contributed by atoms with Gasteiger partial charge in [-0.2, -0.15) is 0 Å². The van der Waals surface area contributed by atoms with E-state index < -0.39 is 0 Å². The normalized spacial score (nSPS) is 15.1. The van der Waals surface area contributed by atoms with E-state index >= 15 is 0 Å². The summed E-state index contributed by atoms with van der Waals surface area (Å²) in [5.41, 5.74) is 2.28. The van der Waals surface area contributed by atoms with Crippen LogP contribution in [0.4, 0.5) is 5.82 Å². The maximum atomic E-state index is 12.4. The summed E-state index contributed by atoms with van der Waals surface area (Å²) in [4.78, 5) is 24.9. The monoisotopic (exact) mass is 310 g/mol. The van der Waals surface area contributed by atoms with Crippen LogP contribution in [0.5, 0.6) is 0 Å². The fourth-order valence-corrected chi connectivity index (χ4v) is 2.80. The third-order valence-electron chi connectivity index (χ3n) is 4.23. The zero-order chi connectivity index (χ0) is 16.1. The van der Waals surface area contributed by atoms with Crippen molar-refractivity contribution in [2.45, 2.75) is 19.8 Å². The topological polar surface area (TPSA) is 49.3 Å². The lowest BCUT2D eigenvalue weighted by molar-refractivity contribution is -0.130. The van der Waals surface area contributed by atoms with Crippen molar-refractivity contribution in [3.05, 3.63) is 54.0 Å². The lowest BCUT2D eigenvalue weighted by Gasteiger charge is -2.35. The molecule has 0 unspecified atom stereocenters. The molecule has 3 rings (SSSR count). The number of aryl methyl sites for hydroxylation is 1. The molecule has 5 nitrogen and oxygen atoms in total. The fourth-order valence-electron chi connectivity index (χ4n) is 2.80. The van der Waals surface area contributed by atoms with Crippen molar-refractivity contribution in [2.24, 2.45) is 0 Å². The molecule has 1 amide bonds. The van der Waals surface area contributed by atoms with Crippen LogP contribution in [0.1, 0.15) is 18.2 Å². The van der Waals surface area contributed by atoms with Gasteiger partial charge in [0.2, 0.25) is 5.91 Å². The van der Waals surface area contributed by atoms with Gasteiger partial charge in [-0.15, -0.1) is 0 Å². The minimum atomic E-state index is 0.170. The van der Waals surface area contributed by atoms with Crippen LogP contribution >= 0.6 is 0 Å². The average Bonchev–Trinajstić information content (AvgIpc) is 2.61. The standard InChI is InChI=1S/C18H22N4O/c1-2-16-12-17(20-14-19-16)22-11-10-21(18(23)13-22)9-8-15-6-4-3-5-7-15/h3-7,12,14H,2,8-11,13H2,1H3. The van der Waals surface area contributed by atoms with Gasteiger partial charge in [0.15, 0.2) is 0 Å². The van der Waals surface area contributed by atoms with Crippen molar-refractivity contribution in [3.8, 4) is 0 Å². The molecule has 2 aromatic rings. The molecule has 1 aromatic heterocycles. The van der Waals surface area contributed by atoms with Crippen LogP contribution < -0.4 is 4.90 Å². The summed E-state index contributed by atoms with van der Waals surface area (Å²) in [5.74, 6) is 1.02. The van der Waals surface area contributed by atoms with Gasteiger partial charge in [-0.05, 0) is 18.4 Å². The first-order valence-corrected chi connectivity index (χ1v) is 8.14. The summed E-state index contributed by atoms with van der Waals surface area (Å²) in [6.45, 7) is 4.81. The van der Waals surface area contributed by atoms with E-state index in [1.54, 1.807) is 6.33 Å². The number of benzene rings is 1. The largest absolute Gasteiger partial charge is 0.345 e. The molecule has 1 fully saturated rings. The van der Waals surface area contributed by atoms with Crippen LogP contribution in [-0.4, -0.2) is 47.0 Å². The SMILES string of the molecule is CCc1cc(N2CCN(CCc3ccccc3)C(=O)C2)ncn1. The molecule has 0 spiro atoms. The van der Waals surface area contributed by atoms with Crippen LogP contribution in [0.25, 0.3) is 0 Å². The molecule has 0 N–H and O–H groups in total. The zero-order valence-corrected chi connectivity index (χ0v) is 13.5. The van der Waals surface area contributed by atoms with Crippen LogP contribution in [0, 0.1) is 0 Å². The summed E-state index contributed by atoms with van der Waals surface area (Å²) < 4.78 is 0. The first-order chi connectivity index (χ1) is 11.3. The van der Waals surface area contributed by atoms with Crippen molar-refractivity contribution in [3.63, 3.8) is 0 Å². The second-order valence-corrected chi connectivity index (χ2v) is 5.76. The molecule has 0 saturated carbocycles. The molecule has 5 heteroatoms. The molecule has 23 heavy (non-hydrogen) atoms. The highest BCUT2D eigenvalue weighted by molar-refractivity contribution is 5.82. The molecule has 1 aromatic carbocycles. The van der Waals surface area contributed by atoms with Crippen LogP contribution in [0.3, 0.4) is 0 Å². The minimum absolute atomic E-state index is 0.170. The van der Waals surface area contributed by atoms with Crippen molar-refractivity contribution in [1.29, 1.82) is 0 Å². The second-order valence-electron chi connectivity index (χ2n) is 5.76. The highest BCUT2D eigenvalue weighted by atomic mass is 16.2. The molecule has 0 atom stereocenters. The molecule has 0 aliphatic carbocycles. The summed E-state index contributed by atoms with van der Waals surface area (Å²) in [7, 11) is 0. The van der Waals surface area contributed by atoms with Crippen molar-refractivity contribution >= 4 is 11.7 Å². The molecule has 1 saturated heterocycles. The smallest absolute Gasteiger partial charge is 0.242 e. The third-order valence-corrected chi connectivity index (χ3v) is 4.23. The van der Waals surface area contributed by atoms with Gasteiger partial charge in [0.25, 0.3) is 0 Å². The Labute approximate surface area is 137 Å². The number of rotatable bonds is 5. The van der Waals surface area contributed by atoms with Gasteiger partial charge >= 0.3 is 0 Å². The Bertz CT molecular complexity index is 659. The van der Waals surface area contributed by atoms with Gasteiger partial charge in [-0.1, -0.05) is 37.3 Å². The van der Waals surface area contributed by atoms with Crippen molar-refractivity contribution < 1.29 is 4.79 Å². The maximum Gasteiger partial charge on any atom is 0.242 e. The Balaban J connectivity index is 1.57. The van der Waals surface area contributed by atoms with E-state index in [9.17, 15) is 4.79 Å². The van der Waals surface area contributed by atoms with E-state index in [1.165, 1.54) is 5.56 Å². The molecule has 0 bridgehead atoms. The van der Waals surface area contributed by atoms with E-state index in [4.69, 9.17) is 0 Å². The fraction of sp³-hybridized carbons (Fsp3) is 0.389. The minimum Gasteiger partial charge on any atom is -0.345 e. The number of amides is 1. The van der Waals surface area contributed by atoms with E-state index in [1.807, 2.05) is 34.1 Å². The number of nitrogens with zero attached hydrogens (tertiary/aromatic N) is 4. The lowest BCUT2D eigenvalue weighted by atomic mass is 10.1. The molecule has 1 aliphatic heterocycles. The average molecular weight is 310 g/mol. The Kier molecular flexibility index (Phi) is 4.86. The molecule has 1 aliphatic rings. The highest BCUT2D eigenvalue weighted by Crippen LogP contribution is 2.15. The van der Waals surface area contributed by atoms with Crippen molar-refractivity contribution in [2.75, 3.05) is 31.1 Å². The number of anilines is 1. The molecular weight excluding hydrogens is 288 g/mol. The van der Waals surface area contributed by atoms with Gasteiger partial charge in [-0.3, -0.25) is 4.79 Å². The van der Waals surface area contributed by atoms with Crippen LogP contribution in [0.15, 0.2) is 42.7 Å². The third kappa shape index (κ3) is 3.86. The Hall–Kier alpha value is -2.43. The maximum absolute atomic E-state index is 12.4. The Morgan fingerprint density at radius 2 is 1.96 bits per heavy atom. The number of piperazine rings is 1. The Morgan fingerprint density at radius 3 is 2.70 bits per heavy atom. The second kappa shape index (κ2) is 7.22. The highest BCUT2D eigenvalue weighted by Gasteiger charge is 2.24. The van der Waals surface area contributed by atoms with Gasteiger partial charge < -0.3 is 9.80 Å². The lowest BCUT2D eigenvalue weighted by Crippen LogP contribution is -2.51. The van der Waals surface area contributed by atoms with E-state index in [0.29, 0.717) is 6.54 Å². The summed E-state index contributed by atoms with van der Waals surface area (Å²) in [6.07, 6.45) is 3.36. The van der Waals surface area contributed by atoms with Gasteiger partial charge in [-0.25, -0.2) is 9.97 Å². The molecule has 120 valence electrons. The van der Waals surface area contributed by atoms with Crippen LogP contribution in [0.2, 0.25) is 0 Å². The number of hydrogen-bond donors (Lipinski definition) is 0. The molecule has 0 radical (unpaired) electrons. The van der Waals surface area contributed by atoms with E-state index in [0.717, 1.165) is 44.0 Å². The number of aromatic nitrogens is 2. The number of carbonyl (C=O) groups is 1. The first-order valence-electron chi connectivity index (χ1n) is 8.14. The molecule has 2 heterocycles. The number of carbonyl (C=O) groups excluding carboxylic acids is 1. The molecular formula is C18H22N4O. The summed E-state index contributed by atoms with van der Waals surface area (Å²) in [5, 5.41) is 0. The number of hydrogen-bond acceptors (Lipinski definition) is 4. The predicted molar refractivity (Wildman–Crippen MR) is 90.3 cm³/mol. The van der Waals surface area contributed by atoms with Gasteiger partial charge in [0, 0.05) is 31.4 Å². The Morgan fingerprint density at radius 1 is 1.13 bits per heavy atom. The summed E-state index contributed by atoms with van der Waals surface area (Å²) in [6, 6.07) is 12.3. The zero-order valence-electron chi connectivity index (χ0n) is 13.5. The van der Waals surface area contributed by atoms with Gasteiger partial charge in [0.1, 0.15) is 12.1 Å².